The van der Waals surface area contributed by atoms with Crippen molar-refractivity contribution >= 4 is 22.5 Å². The number of methoxy groups -OCH3 is 1. The van der Waals surface area contributed by atoms with E-state index in [9.17, 15) is 27.9 Å². The number of hydrogen-bond acceptors (Lipinski definition) is 4. The van der Waals surface area contributed by atoms with Gasteiger partial charge in [0.25, 0.3) is 11.5 Å². The number of amides is 1. The minimum absolute atomic E-state index is 0.0590. The zero-order chi connectivity index (χ0) is 23.1. The molecule has 6 nitrogen and oxygen atoms in total. The number of hydrogen-bond donors (Lipinski definition) is 3. The predicted octanol–water partition coefficient (Wildman–Crippen LogP) is 4.26. The van der Waals surface area contributed by atoms with Crippen LogP contribution in [0.5, 0.6) is 5.75 Å². The van der Waals surface area contributed by atoms with E-state index in [0.29, 0.717) is 29.3 Å². The summed E-state index contributed by atoms with van der Waals surface area (Å²) in [6.45, 7) is 3.56. The lowest BCUT2D eigenvalue weighted by molar-refractivity contribution is -0.125. The van der Waals surface area contributed by atoms with E-state index in [4.69, 9.17) is 4.74 Å². The van der Waals surface area contributed by atoms with Gasteiger partial charge in [-0.25, -0.2) is 13.2 Å². The Morgan fingerprint density at radius 1 is 1.10 bits per heavy atom. The highest BCUT2D eigenvalue weighted by molar-refractivity contribution is 5.94. The molecule has 1 amide bonds. The zero-order valence-corrected chi connectivity index (χ0v) is 17.3. The average molecular weight is 436 g/mol. The molecular formula is C22H23F3N2O4. The van der Waals surface area contributed by atoms with E-state index in [0.717, 1.165) is 18.2 Å². The molecular weight excluding hydrogens is 413 g/mol. The fraction of sp³-hybridized carbons (Fsp3) is 0.273. The first kappa shape index (κ1) is 23.9. The van der Waals surface area contributed by atoms with Crippen molar-refractivity contribution in [2.45, 2.75) is 32.8 Å². The zero-order valence-electron chi connectivity index (χ0n) is 17.3. The number of carbonyl (C=O) groups is 1. The summed E-state index contributed by atoms with van der Waals surface area (Å²) in [6, 6.07) is 6.72. The maximum Gasteiger partial charge on any atom is 0.255 e. The molecule has 1 aromatic heterocycles. The SMILES string of the molecule is CCC(OC)C(=O)Nc1cc(F)cc(F)c1.CCc1c(O)c2ccc(F)cc2[nH]c1=O. The Bertz CT molecular complexity index is 1110. The number of benzene rings is 2. The van der Waals surface area contributed by atoms with E-state index in [1.807, 2.05) is 0 Å². The number of carbonyl (C=O) groups excluding carboxylic acids is 1. The third-order valence-electron chi connectivity index (χ3n) is 4.48. The summed E-state index contributed by atoms with van der Waals surface area (Å²) in [5, 5.41) is 12.6. The molecule has 3 N–H and O–H groups in total. The van der Waals surface area contributed by atoms with E-state index in [1.54, 1.807) is 13.8 Å². The second-order valence-electron chi connectivity index (χ2n) is 6.60. The number of rotatable bonds is 5. The van der Waals surface area contributed by atoms with Crippen LogP contribution in [0.25, 0.3) is 10.9 Å². The molecule has 3 rings (SSSR count). The number of aromatic amines is 1. The molecule has 2 aromatic carbocycles. The van der Waals surface area contributed by atoms with Gasteiger partial charge < -0.3 is 20.1 Å². The van der Waals surface area contributed by atoms with Gasteiger partial charge in [0.1, 0.15) is 29.3 Å². The number of fused-ring (bicyclic) bond motifs is 1. The first-order valence-electron chi connectivity index (χ1n) is 9.53. The molecule has 31 heavy (non-hydrogen) atoms. The summed E-state index contributed by atoms with van der Waals surface area (Å²) in [5.41, 5.74) is 0.356. The van der Waals surface area contributed by atoms with Gasteiger partial charge in [-0.05, 0) is 43.2 Å². The number of aromatic nitrogens is 1. The number of H-pyrrole nitrogens is 1. The molecule has 1 heterocycles. The van der Waals surface area contributed by atoms with Crippen molar-refractivity contribution in [1.82, 2.24) is 4.98 Å². The van der Waals surface area contributed by atoms with Crippen LogP contribution in [0.4, 0.5) is 18.9 Å². The summed E-state index contributed by atoms with van der Waals surface area (Å²) in [5.74, 6) is -2.39. The highest BCUT2D eigenvalue weighted by Crippen LogP contribution is 2.25. The Balaban J connectivity index is 0.000000220. The van der Waals surface area contributed by atoms with Crippen LogP contribution in [0, 0.1) is 17.5 Å². The normalized spacial score (nSPS) is 11.5. The monoisotopic (exact) mass is 436 g/mol. The van der Waals surface area contributed by atoms with Crippen LogP contribution in [0.15, 0.2) is 41.2 Å². The van der Waals surface area contributed by atoms with Gasteiger partial charge in [-0.3, -0.25) is 9.59 Å². The topological polar surface area (TPSA) is 91.4 Å². The average Bonchev–Trinajstić information content (AvgIpc) is 2.68. The number of ether oxygens (including phenoxy) is 1. The largest absolute Gasteiger partial charge is 0.507 e. The Morgan fingerprint density at radius 2 is 1.74 bits per heavy atom. The molecule has 0 fully saturated rings. The number of aromatic hydroxyl groups is 1. The lowest BCUT2D eigenvalue weighted by Crippen LogP contribution is -2.28. The summed E-state index contributed by atoms with van der Waals surface area (Å²) in [7, 11) is 1.40. The Hall–Kier alpha value is -3.33. The first-order valence-corrected chi connectivity index (χ1v) is 9.53. The van der Waals surface area contributed by atoms with E-state index in [-0.39, 0.29) is 17.0 Å². The molecule has 166 valence electrons. The van der Waals surface area contributed by atoms with Crippen LogP contribution in [0.3, 0.4) is 0 Å². The summed E-state index contributed by atoms with van der Waals surface area (Å²) < 4.78 is 43.4. The van der Waals surface area contributed by atoms with E-state index >= 15 is 0 Å². The van der Waals surface area contributed by atoms with Crippen LogP contribution in [-0.4, -0.2) is 29.2 Å². The number of nitrogens with one attached hydrogen (secondary N) is 2. The van der Waals surface area contributed by atoms with Crippen molar-refractivity contribution in [3.63, 3.8) is 0 Å². The van der Waals surface area contributed by atoms with Crippen LogP contribution >= 0.6 is 0 Å². The molecule has 9 heteroatoms. The van der Waals surface area contributed by atoms with E-state index < -0.39 is 29.5 Å². The maximum atomic E-state index is 12.9. The molecule has 0 radical (unpaired) electrons. The van der Waals surface area contributed by atoms with Crippen molar-refractivity contribution in [2.24, 2.45) is 0 Å². The molecule has 0 aliphatic carbocycles. The second-order valence-corrected chi connectivity index (χ2v) is 6.60. The number of halogens is 3. The highest BCUT2D eigenvalue weighted by atomic mass is 19.1. The van der Waals surface area contributed by atoms with Crippen molar-refractivity contribution in [2.75, 3.05) is 12.4 Å². The lowest BCUT2D eigenvalue weighted by atomic mass is 10.1. The summed E-state index contributed by atoms with van der Waals surface area (Å²) in [6.07, 6.45) is 0.306. The fourth-order valence-electron chi connectivity index (χ4n) is 2.93. The highest BCUT2D eigenvalue weighted by Gasteiger charge is 2.15. The van der Waals surface area contributed by atoms with Gasteiger partial charge in [0, 0.05) is 24.2 Å². The van der Waals surface area contributed by atoms with Gasteiger partial charge in [0.05, 0.1) is 11.1 Å². The van der Waals surface area contributed by atoms with Crippen molar-refractivity contribution in [3.05, 3.63) is 69.8 Å². The second kappa shape index (κ2) is 10.6. The van der Waals surface area contributed by atoms with E-state index in [1.165, 1.54) is 25.3 Å². The molecule has 1 unspecified atom stereocenters. The molecule has 0 aliphatic rings. The van der Waals surface area contributed by atoms with Crippen molar-refractivity contribution in [3.8, 4) is 5.75 Å². The standard InChI is InChI=1S/C11H13F2NO2.C11H10FNO2/c1-3-10(16-2)11(15)14-9-5-7(12)4-8(13)6-9;1-2-7-10(14)8-4-3-6(12)5-9(8)13-11(7)15/h4-6,10H,3H2,1-2H3,(H,14,15);3-5H,2H2,1H3,(H2,13,14,15). The summed E-state index contributed by atoms with van der Waals surface area (Å²) in [4.78, 5) is 25.5. The van der Waals surface area contributed by atoms with Gasteiger partial charge in [-0.2, -0.15) is 0 Å². The Labute approximate surface area is 176 Å². The molecule has 1 atom stereocenters. The summed E-state index contributed by atoms with van der Waals surface area (Å²) >= 11 is 0. The third kappa shape index (κ3) is 6.08. The Kier molecular flexibility index (Phi) is 8.21. The van der Waals surface area contributed by atoms with Gasteiger partial charge in [0.15, 0.2) is 0 Å². The molecule has 0 saturated carbocycles. The van der Waals surface area contributed by atoms with Crippen LogP contribution < -0.4 is 10.9 Å². The van der Waals surface area contributed by atoms with Gasteiger partial charge in [-0.15, -0.1) is 0 Å². The quantitative estimate of drug-likeness (QED) is 0.557. The lowest BCUT2D eigenvalue weighted by Gasteiger charge is -2.13. The Morgan fingerprint density at radius 3 is 2.29 bits per heavy atom. The number of anilines is 1. The molecule has 0 aliphatic heterocycles. The van der Waals surface area contributed by atoms with Gasteiger partial charge in [-0.1, -0.05) is 13.8 Å². The maximum absolute atomic E-state index is 12.9. The van der Waals surface area contributed by atoms with Crippen LogP contribution in [0.2, 0.25) is 0 Å². The molecule has 0 spiro atoms. The van der Waals surface area contributed by atoms with Crippen molar-refractivity contribution in [1.29, 1.82) is 0 Å². The third-order valence-corrected chi connectivity index (χ3v) is 4.48. The van der Waals surface area contributed by atoms with Gasteiger partial charge >= 0.3 is 0 Å². The molecule has 0 bridgehead atoms. The van der Waals surface area contributed by atoms with E-state index in [2.05, 4.69) is 10.3 Å². The smallest absolute Gasteiger partial charge is 0.255 e. The first-order chi connectivity index (χ1) is 14.7. The fourth-order valence-corrected chi connectivity index (χ4v) is 2.93. The molecule has 3 aromatic rings. The number of pyridine rings is 1. The predicted molar refractivity (Wildman–Crippen MR) is 112 cm³/mol. The molecule has 0 saturated heterocycles. The van der Waals surface area contributed by atoms with Crippen LogP contribution in [0.1, 0.15) is 25.8 Å². The van der Waals surface area contributed by atoms with Gasteiger partial charge in [0.2, 0.25) is 0 Å². The minimum atomic E-state index is -0.735. The van der Waals surface area contributed by atoms with Crippen molar-refractivity contribution < 1.29 is 27.8 Å². The minimum Gasteiger partial charge on any atom is -0.507 e. The van der Waals surface area contributed by atoms with Crippen LogP contribution in [-0.2, 0) is 16.0 Å².